The van der Waals surface area contributed by atoms with Crippen LogP contribution in [0.1, 0.15) is 30.1 Å². The molecular weight excluding hydrogens is 396 g/mol. The number of nitrogens with zero attached hydrogens (tertiary/aromatic N) is 2. The molecule has 0 bridgehead atoms. The third kappa shape index (κ3) is 4.77. The largest absolute Gasteiger partial charge is 0.491 e. The Morgan fingerprint density at radius 1 is 1.13 bits per heavy atom. The Kier molecular flexibility index (Phi) is 6.02. The molecule has 3 aromatic rings. The van der Waals surface area contributed by atoms with Crippen LogP contribution in [0.25, 0.3) is 10.9 Å². The van der Waals surface area contributed by atoms with Gasteiger partial charge in [0.1, 0.15) is 24.2 Å². The van der Waals surface area contributed by atoms with Crippen molar-refractivity contribution in [2.75, 3.05) is 13.2 Å². The van der Waals surface area contributed by atoms with Gasteiger partial charge in [0, 0.05) is 24.4 Å². The maximum atomic E-state index is 12.5. The van der Waals surface area contributed by atoms with Gasteiger partial charge in [-0.3, -0.25) is 9.78 Å². The third-order valence-electron chi connectivity index (χ3n) is 5.42. The molecule has 4 rings (SSSR count). The number of benzene rings is 2. The van der Waals surface area contributed by atoms with E-state index in [4.69, 9.17) is 14.6 Å². The van der Waals surface area contributed by atoms with Gasteiger partial charge in [-0.2, -0.15) is 0 Å². The molecule has 1 saturated heterocycles. The topological polar surface area (TPSA) is 89.0 Å². The highest BCUT2D eigenvalue weighted by atomic mass is 16.5. The zero-order valence-electron chi connectivity index (χ0n) is 17.2. The monoisotopic (exact) mass is 420 g/mol. The van der Waals surface area contributed by atoms with Crippen LogP contribution in [0.15, 0.2) is 60.8 Å². The molecule has 7 heteroatoms. The van der Waals surface area contributed by atoms with E-state index < -0.39 is 5.97 Å². The molecule has 0 unspecified atom stereocenters. The van der Waals surface area contributed by atoms with Gasteiger partial charge < -0.3 is 19.5 Å². The Morgan fingerprint density at radius 3 is 2.65 bits per heavy atom. The zero-order chi connectivity index (χ0) is 21.8. The van der Waals surface area contributed by atoms with Crippen molar-refractivity contribution in [3.8, 4) is 11.5 Å². The summed E-state index contributed by atoms with van der Waals surface area (Å²) in [6.07, 6.45) is 2.70. The van der Waals surface area contributed by atoms with Crippen molar-refractivity contribution in [1.82, 2.24) is 9.88 Å². The first-order valence-electron chi connectivity index (χ1n) is 10.3. The zero-order valence-corrected chi connectivity index (χ0v) is 17.2. The fourth-order valence-corrected chi connectivity index (χ4v) is 3.83. The van der Waals surface area contributed by atoms with Gasteiger partial charge in [-0.25, -0.2) is 4.79 Å². The van der Waals surface area contributed by atoms with Gasteiger partial charge in [0.2, 0.25) is 5.91 Å². The van der Waals surface area contributed by atoms with Crippen molar-refractivity contribution >= 4 is 22.8 Å². The number of carbonyl (C=O) groups excluding carboxylic acids is 1. The highest BCUT2D eigenvalue weighted by Crippen LogP contribution is 2.26. The second-order valence-electron chi connectivity index (χ2n) is 7.53. The minimum atomic E-state index is -0.980. The summed E-state index contributed by atoms with van der Waals surface area (Å²) in [6, 6.07) is 15.8. The first-order valence-corrected chi connectivity index (χ1v) is 10.3. The van der Waals surface area contributed by atoms with E-state index in [2.05, 4.69) is 4.98 Å². The number of fused-ring (bicyclic) bond motifs is 1. The van der Waals surface area contributed by atoms with Gasteiger partial charge in [0.25, 0.3) is 0 Å². The average Bonchev–Trinajstić information content (AvgIpc) is 3.19. The SMILES string of the molecule is CCC(=O)N1C[C@@H](Oc2ccc3ncccc3c2)C[C@H]1COc1ccc(C(=O)O)cc1. The van der Waals surface area contributed by atoms with Crippen LogP contribution >= 0.6 is 0 Å². The van der Waals surface area contributed by atoms with Crippen molar-refractivity contribution in [3.63, 3.8) is 0 Å². The van der Waals surface area contributed by atoms with Gasteiger partial charge in [0.15, 0.2) is 0 Å². The van der Waals surface area contributed by atoms with Crippen LogP contribution in [0.3, 0.4) is 0 Å². The van der Waals surface area contributed by atoms with Crippen LogP contribution in [0, 0.1) is 0 Å². The summed E-state index contributed by atoms with van der Waals surface area (Å²) in [5.74, 6) is 0.399. The lowest BCUT2D eigenvalue weighted by molar-refractivity contribution is -0.132. The normalized spacial score (nSPS) is 18.2. The summed E-state index contributed by atoms with van der Waals surface area (Å²) in [6.45, 7) is 2.67. The molecule has 1 aliphatic rings. The molecule has 31 heavy (non-hydrogen) atoms. The predicted molar refractivity (Wildman–Crippen MR) is 115 cm³/mol. The Hall–Kier alpha value is -3.61. The van der Waals surface area contributed by atoms with E-state index in [1.165, 1.54) is 12.1 Å². The lowest BCUT2D eigenvalue weighted by atomic mass is 10.2. The molecule has 1 aromatic heterocycles. The van der Waals surface area contributed by atoms with E-state index in [1.54, 1.807) is 18.3 Å². The fourth-order valence-electron chi connectivity index (χ4n) is 3.83. The van der Waals surface area contributed by atoms with Gasteiger partial charge >= 0.3 is 5.97 Å². The molecule has 0 aliphatic carbocycles. The summed E-state index contributed by atoms with van der Waals surface area (Å²) in [5.41, 5.74) is 1.11. The first kappa shape index (κ1) is 20.7. The molecule has 0 radical (unpaired) electrons. The van der Waals surface area contributed by atoms with Crippen molar-refractivity contribution in [2.24, 2.45) is 0 Å². The number of likely N-dealkylation sites (tertiary alicyclic amines) is 1. The molecule has 0 saturated carbocycles. The number of ether oxygens (including phenoxy) is 2. The Balaban J connectivity index is 1.42. The standard InChI is InChI=1S/C24H24N2O5/c1-2-23(27)26-14-21(31-20-9-10-22-17(12-20)4-3-11-25-22)13-18(26)15-30-19-7-5-16(6-8-19)24(28)29/h3-12,18,21H,2,13-15H2,1H3,(H,28,29)/t18-,21-/m0/s1. The van der Waals surface area contributed by atoms with Crippen LogP contribution in [0.5, 0.6) is 11.5 Å². The maximum absolute atomic E-state index is 12.5. The number of hydrogen-bond donors (Lipinski definition) is 1. The van der Waals surface area contributed by atoms with Crippen molar-refractivity contribution in [3.05, 3.63) is 66.4 Å². The van der Waals surface area contributed by atoms with Crippen molar-refractivity contribution in [1.29, 1.82) is 0 Å². The number of carboxylic acids is 1. The summed E-state index contributed by atoms with van der Waals surface area (Å²) < 4.78 is 12.0. The smallest absolute Gasteiger partial charge is 0.335 e. The van der Waals surface area contributed by atoms with Gasteiger partial charge in [-0.1, -0.05) is 13.0 Å². The number of carbonyl (C=O) groups is 2. The van der Waals surface area contributed by atoms with E-state index in [-0.39, 0.29) is 23.6 Å². The Labute approximate surface area is 180 Å². The van der Waals surface area contributed by atoms with Gasteiger partial charge in [-0.05, 0) is 48.5 Å². The van der Waals surface area contributed by atoms with Crippen LogP contribution in [-0.4, -0.2) is 52.2 Å². The predicted octanol–water partition coefficient (Wildman–Crippen LogP) is 3.77. The van der Waals surface area contributed by atoms with Crippen LogP contribution in [-0.2, 0) is 4.79 Å². The molecule has 1 aliphatic heterocycles. The van der Waals surface area contributed by atoms with Crippen molar-refractivity contribution in [2.45, 2.75) is 31.9 Å². The number of aromatic carboxylic acids is 1. The van der Waals surface area contributed by atoms with E-state index in [1.807, 2.05) is 42.2 Å². The highest BCUT2D eigenvalue weighted by Gasteiger charge is 2.36. The first-order chi connectivity index (χ1) is 15.0. The lowest BCUT2D eigenvalue weighted by Crippen LogP contribution is -2.39. The minimum absolute atomic E-state index is 0.0589. The average molecular weight is 420 g/mol. The number of pyridine rings is 1. The van der Waals surface area contributed by atoms with E-state index >= 15 is 0 Å². The summed E-state index contributed by atoms with van der Waals surface area (Å²) in [5, 5.41) is 10.0. The number of aromatic nitrogens is 1. The molecular formula is C24H24N2O5. The molecule has 1 fully saturated rings. The molecule has 2 aromatic carbocycles. The Bertz CT molecular complexity index is 1080. The number of amides is 1. The summed E-state index contributed by atoms with van der Waals surface area (Å²) in [7, 11) is 0. The summed E-state index contributed by atoms with van der Waals surface area (Å²) >= 11 is 0. The van der Waals surface area contributed by atoms with E-state index in [9.17, 15) is 9.59 Å². The molecule has 1 amide bonds. The van der Waals surface area contributed by atoms with Crippen LogP contribution in [0.2, 0.25) is 0 Å². The van der Waals surface area contributed by atoms with E-state index in [0.29, 0.717) is 31.7 Å². The molecule has 2 heterocycles. The molecule has 1 N–H and O–H groups in total. The quantitative estimate of drug-likeness (QED) is 0.626. The van der Waals surface area contributed by atoms with Crippen LogP contribution in [0.4, 0.5) is 0 Å². The minimum Gasteiger partial charge on any atom is -0.491 e. The molecule has 2 atom stereocenters. The molecule has 7 nitrogen and oxygen atoms in total. The maximum Gasteiger partial charge on any atom is 0.335 e. The number of hydrogen-bond acceptors (Lipinski definition) is 5. The number of carboxylic acid groups (broad SMARTS) is 1. The van der Waals surface area contributed by atoms with Crippen molar-refractivity contribution < 1.29 is 24.2 Å². The fraction of sp³-hybridized carbons (Fsp3) is 0.292. The second-order valence-corrected chi connectivity index (χ2v) is 7.53. The lowest BCUT2D eigenvalue weighted by Gasteiger charge is -2.24. The Morgan fingerprint density at radius 2 is 1.90 bits per heavy atom. The highest BCUT2D eigenvalue weighted by molar-refractivity contribution is 5.87. The molecule has 160 valence electrons. The van der Waals surface area contributed by atoms with Gasteiger partial charge in [-0.15, -0.1) is 0 Å². The summed E-state index contributed by atoms with van der Waals surface area (Å²) in [4.78, 5) is 29.6. The van der Waals surface area contributed by atoms with E-state index in [0.717, 1.165) is 16.7 Å². The third-order valence-corrected chi connectivity index (χ3v) is 5.42. The van der Waals surface area contributed by atoms with Crippen LogP contribution < -0.4 is 9.47 Å². The second kappa shape index (κ2) is 9.04. The molecule has 0 spiro atoms. The van der Waals surface area contributed by atoms with Gasteiger partial charge in [0.05, 0.1) is 23.7 Å². The number of rotatable bonds is 7.